The molecule has 0 aliphatic rings. The van der Waals surface area contributed by atoms with Crippen molar-refractivity contribution in [2.24, 2.45) is 0 Å². The van der Waals surface area contributed by atoms with Crippen LogP contribution in [-0.2, 0) is 0 Å². The summed E-state index contributed by atoms with van der Waals surface area (Å²) >= 11 is 7.14. The van der Waals surface area contributed by atoms with Gasteiger partial charge in [-0.05, 0) is 36.2 Å². The highest BCUT2D eigenvalue weighted by molar-refractivity contribution is 9.11. The molecule has 1 unspecified atom stereocenters. The lowest BCUT2D eigenvalue weighted by molar-refractivity contribution is 0.509. The van der Waals surface area contributed by atoms with Gasteiger partial charge in [0.15, 0.2) is 0 Å². The van der Waals surface area contributed by atoms with Gasteiger partial charge in [0.25, 0.3) is 0 Å². The molecule has 5 nitrogen and oxygen atoms in total. The van der Waals surface area contributed by atoms with Crippen molar-refractivity contribution in [3.05, 3.63) is 63.7 Å². The minimum absolute atomic E-state index is 0.158. The topological polar surface area (TPSA) is 59.4 Å². The van der Waals surface area contributed by atoms with Crippen molar-refractivity contribution in [3.63, 3.8) is 0 Å². The highest BCUT2D eigenvalue weighted by Gasteiger charge is 2.16. The zero-order valence-corrected chi connectivity index (χ0v) is 16.6. The number of rotatable bonds is 4. The van der Waals surface area contributed by atoms with Gasteiger partial charge in [0, 0.05) is 32.3 Å². The van der Waals surface area contributed by atoms with E-state index in [1.807, 2.05) is 29.2 Å². The van der Waals surface area contributed by atoms with Crippen LogP contribution in [0.3, 0.4) is 0 Å². The van der Waals surface area contributed by atoms with Crippen LogP contribution in [-0.4, -0.2) is 24.7 Å². The number of aromatic nitrogens is 5. The summed E-state index contributed by atoms with van der Waals surface area (Å²) in [5.41, 5.74) is 3.91. The summed E-state index contributed by atoms with van der Waals surface area (Å²) in [5, 5.41) is 5.61. The Morgan fingerprint density at radius 1 is 1.16 bits per heavy atom. The normalized spacial score (nSPS) is 12.6. The highest BCUT2D eigenvalue weighted by Crippen LogP contribution is 2.30. The van der Waals surface area contributed by atoms with E-state index in [0.29, 0.717) is 0 Å². The summed E-state index contributed by atoms with van der Waals surface area (Å²) < 4.78 is 4.10. The summed E-state index contributed by atoms with van der Waals surface area (Å²) in [6, 6.07) is 8.45. The molecule has 0 aliphatic heterocycles. The van der Waals surface area contributed by atoms with Gasteiger partial charge in [-0.2, -0.15) is 5.10 Å². The summed E-state index contributed by atoms with van der Waals surface area (Å²) in [6.45, 7) is 2.16. The van der Waals surface area contributed by atoms with Crippen molar-refractivity contribution in [2.75, 3.05) is 0 Å². The Balaban J connectivity index is 1.76. The average Bonchev–Trinajstić information content (AvgIpc) is 3.23. The van der Waals surface area contributed by atoms with Crippen LogP contribution in [0.5, 0.6) is 0 Å². The highest BCUT2D eigenvalue weighted by atomic mass is 79.9. The quantitative estimate of drug-likeness (QED) is 0.446. The first-order valence-electron chi connectivity index (χ1n) is 7.94. The first-order valence-corrected chi connectivity index (χ1v) is 9.53. The van der Waals surface area contributed by atoms with Crippen molar-refractivity contribution < 1.29 is 0 Å². The fourth-order valence-corrected chi connectivity index (χ4v) is 4.41. The maximum absolute atomic E-state index is 4.61. The Morgan fingerprint density at radius 3 is 2.72 bits per heavy atom. The van der Waals surface area contributed by atoms with Crippen LogP contribution in [0, 0.1) is 0 Å². The first kappa shape index (κ1) is 16.5. The third-order valence-corrected chi connectivity index (χ3v) is 5.12. The molecule has 7 heteroatoms. The van der Waals surface area contributed by atoms with Crippen molar-refractivity contribution >= 4 is 42.9 Å². The van der Waals surface area contributed by atoms with Gasteiger partial charge < -0.3 is 4.98 Å². The predicted octanol–water partition coefficient (Wildman–Crippen LogP) is 5.35. The summed E-state index contributed by atoms with van der Waals surface area (Å²) in [7, 11) is 0. The molecular weight excluding hydrogens is 446 g/mol. The Morgan fingerprint density at radius 2 is 1.96 bits per heavy atom. The average molecular weight is 461 g/mol. The van der Waals surface area contributed by atoms with Gasteiger partial charge in [-0.25, -0.2) is 9.97 Å². The van der Waals surface area contributed by atoms with E-state index in [1.54, 1.807) is 6.33 Å². The monoisotopic (exact) mass is 459 g/mol. The maximum Gasteiger partial charge on any atom is 0.141 e. The Hall–Kier alpha value is -1.99. The predicted molar refractivity (Wildman–Crippen MR) is 105 cm³/mol. The molecule has 1 N–H and O–H groups in total. The van der Waals surface area contributed by atoms with Gasteiger partial charge in [-0.1, -0.05) is 38.8 Å². The Labute approximate surface area is 161 Å². The molecule has 3 heterocycles. The number of aromatic amines is 1. The molecule has 25 heavy (non-hydrogen) atoms. The molecule has 0 fully saturated rings. The van der Waals surface area contributed by atoms with Crippen LogP contribution in [0.1, 0.15) is 24.9 Å². The second kappa shape index (κ2) is 6.72. The molecule has 0 saturated carbocycles. The van der Waals surface area contributed by atoms with Gasteiger partial charge in [-0.15, -0.1) is 0 Å². The molecule has 126 valence electrons. The van der Waals surface area contributed by atoms with Crippen LogP contribution in [0.25, 0.3) is 22.3 Å². The number of hydrogen-bond acceptors (Lipinski definition) is 3. The van der Waals surface area contributed by atoms with E-state index >= 15 is 0 Å². The number of nitrogens with one attached hydrogen (secondary N) is 1. The summed E-state index contributed by atoms with van der Waals surface area (Å²) in [5.74, 6) is 0. The number of H-pyrrole nitrogens is 1. The Kier molecular flexibility index (Phi) is 4.43. The maximum atomic E-state index is 4.61. The van der Waals surface area contributed by atoms with Crippen LogP contribution in [0.15, 0.2) is 58.1 Å². The van der Waals surface area contributed by atoms with E-state index in [9.17, 15) is 0 Å². The standard InChI is InChI=1S/C18H15Br2N5/c1-2-16(11-5-13(19)7-14(20)6-11)25-9-12(8-24-25)17-15-3-4-21-18(15)23-10-22-17/h3-10,16H,2H2,1H3,(H,21,22,23). The van der Waals surface area contributed by atoms with Crippen LogP contribution in [0.4, 0.5) is 0 Å². The number of fused-ring (bicyclic) bond motifs is 1. The van der Waals surface area contributed by atoms with Crippen molar-refractivity contribution in [3.8, 4) is 11.3 Å². The van der Waals surface area contributed by atoms with Gasteiger partial charge in [0.1, 0.15) is 12.0 Å². The molecule has 4 aromatic rings. The number of halogens is 2. The van der Waals surface area contributed by atoms with E-state index < -0.39 is 0 Å². The second-order valence-electron chi connectivity index (χ2n) is 5.80. The van der Waals surface area contributed by atoms with Crippen LogP contribution in [0.2, 0.25) is 0 Å². The van der Waals surface area contributed by atoms with E-state index in [2.05, 4.69) is 77.2 Å². The van der Waals surface area contributed by atoms with E-state index in [1.165, 1.54) is 5.56 Å². The third kappa shape index (κ3) is 3.14. The summed E-state index contributed by atoms with van der Waals surface area (Å²) in [6.07, 6.45) is 8.31. The molecule has 0 spiro atoms. The van der Waals surface area contributed by atoms with Crippen molar-refractivity contribution in [1.29, 1.82) is 0 Å². The first-order chi connectivity index (χ1) is 12.2. The molecule has 0 amide bonds. The molecular formula is C18H15Br2N5. The minimum atomic E-state index is 0.158. The molecule has 3 aromatic heterocycles. The molecule has 0 radical (unpaired) electrons. The lowest BCUT2D eigenvalue weighted by atomic mass is 10.1. The number of hydrogen-bond donors (Lipinski definition) is 1. The lowest BCUT2D eigenvalue weighted by Crippen LogP contribution is -2.10. The molecule has 0 saturated heterocycles. The lowest BCUT2D eigenvalue weighted by Gasteiger charge is -2.17. The van der Waals surface area contributed by atoms with Gasteiger partial charge in [-0.3, -0.25) is 4.68 Å². The summed E-state index contributed by atoms with van der Waals surface area (Å²) in [4.78, 5) is 11.8. The molecule has 1 aromatic carbocycles. The van der Waals surface area contributed by atoms with E-state index in [0.717, 1.165) is 37.7 Å². The second-order valence-corrected chi connectivity index (χ2v) is 7.63. The van der Waals surface area contributed by atoms with Gasteiger partial charge >= 0.3 is 0 Å². The number of benzene rings is 1. The third-order valence-electron chi connectivity index (χ3n) is 4.20. The molecule has 1 atom stereocenters. The fourth-order valence-electron chi connectivity index (χ4n) is 3.08. The molecule has 4 rings (SSSR count). The Bertz CT molecular complexity index is 1020. The molecule has 0 bridgehead atoms. The minimum Gasteiger partial charge on any atom is -0.346 e. The van der Waals surface area contributed by atoms with Crippen molar-refractivity contribution in [1.82, 2.24) is 24.7 Å². The fraction of sp³-hybridized carbons (Fsp3) is 0.167. The van der Waals surface area contributed by atoms with E-state index in [4.69, 9.17) is 0 Å². The SMILES string of the molecule is CCC(c1cc(Br)cc(Br)c1)n1cc(-c2ncnc3[nH]ccc23)cn1. The smallest absolute Gasteiger partial charge is 0.141 e. The van der Waals surface area contributed by atoms with Gasteiger partial charge in [0.2, 0.25) is 0 Å². The van der Waals surface area contributed by atoms with E-state index in [-0.39, 0.29) is 6.04 Å². The van der Waals surface area contributed by atoms with Crippen LogP contribution < -0.4 is 0 Å². The zero-order chi connectivity index (χ0) is 17.4. The molecule has 0 aliphatic carbocycles. The zero-order valence-electron chi connectivity index (χ0n) is 13.4. The van der Waals surface area contributed by atoms with Gasteiger partial charge in [0.05, 0.1) is 17.9 Å². The van der Waals surface area contributed by atoms with Crippen LogP contribution >= 0.6 is 31.9 Å². The largest absolute Gasteiger partial charge is 0.346 e. The number of nitrogens with zero attached hydrogens (tertiary/aromatic N) is 4. The van der Waals surface area contributed by atoms with Crippen molar-refractivity contribution in [2.45, 2.75) is 19.4 Å².